The van der Waals surface area contributed by atoms with Gasteiger partial charge in [-0.15, -0.1) is 0 Å². The van der Waals surface area contributed by atoms with Crippen molar-refractivity contribution < 1.29 is 0 Å². The minimum absolute atomic E-state index is 0.405. The first-order valence-corrected chi connectivity index (χ1v) is 5.33. The molecular weight excluding hydrogens is 188 g/mol. The fourth-order valence-corrected chi connectivity index (χ4v) is 1.62. The Hall–Kier alpha value is -1.16. The summed E-state index contributed by atoms with van der Waals surface area (Å²) in [5, 5.41) is 0. The normalized spacial score (nSPS) is 10.8. The van der Waals surface area contributed by atoms with Gasteiger partial charge < -0.3 is 10.6 Å². The number of aromatic nitrogens is 2. The number of rotatable bonds is 4. The number of hydrogen-bond acceptors (Lipinski definition) is 4. The second-order valence-electron chi connectivity index (χ2n) is 3.99. The van der Waals surface area contributed by atoms with Crippen molar-refractivity contribution in [3.05, 3.63) is 17.6 Å². The summed E-state index contributed by atoms with van der Waals surface area (Å²) >= 11 is 0. The zero-order valence-corrected chi connectivity index (χ0v) is 9.99. The summed E-state index contributed by atoms with van der Waals surface area (Å²) in [6.45, 7) is 9.65. The first-order valence-electron chi connectivity index (χ1n) is 5.33. The largest absolute Gasteiger partial charge is 0.353 e. The molecule has 0 aliphatic carbocycles. The predicted octanol–water partition coefficient (Wildman–Crippen LogP) is 1.27. The van der Waals surface area contributed by atoms with E-state index in [2.05, 4.69) is 28.7 Å². The van der Waals surface area contributed by atoms with Gasteiger partial charge >= 0.3 is 0 Å². The maximum atomic E-state index is 5.60. The summed E-state index contributed by atoms with van der Waals surface area (Å²) in [6.07, 6.45) is 0. The minimum Gasteiger partial charge on any atom is -0.353 e. The van der Waals surface area contributed by atoms with Crippen LogP contribution in [0.4, 0.5) is 5.82 Å². The lowest BCUT2D eigenvalue weighted by atomic mass is 10.3. The number of aryl methyl sites for hydroxylation is 2. The van der Waals surface area contributed by atoms with E-state index in [1.165, 1.54) is 0 Å². The molecule has 1 aromatic rings. The van der Waals surface area contributed by atoms with Crippen molar-refractivity contribution in [2.45, 2.75) is 33.7 Å². The summed E-state index contributed by atoms with van der Waals surface area (Å²) in [4.78, 5) is 10.9. The quantitative estimate of drug-likeness (QED) is 0.809. The fraction of sp³-hybridized carbons (Fsp3) is 0.636. The van der Waals surface area contributed by atoms with Gasteiger partial charge in [-0.3, -0.25) is 0 Å². The van der Waals surface area contributed by atoms with Crippen molar-refractivity contribution in [1.29, 1.82) is 0 Å². The van der Waals surface area contributed by atoms with Crippen molar-refractivity contribution in [2.24, 2.45) is 5.73 Å². The van der Waals surface area contributed by atoms with E-state index in [1.807, 2.05) is 19.9 Å². The second kappa shape index (κ2) is 5.07. The van der Waals surface area contributed by atoms with E-state index in [1.54, 1.807) is 0 Å². The zero-order valence-electron chi connectivity index (χ0n) is 9.99. The van der Waals surface area contributed by atoms with E-state index >= 15 is 0 Å². The third-order valence-electron chi connectivity index (χ3n) is 2.24. The molecule has 0 aromatic carbocycles. The van der Waals surface area contributed by atoms with Crippen LogP contribution in [-0.4, -0.2) is 29.1 Å². The van der Waals surface area contributed by atoms with Crippen LogP contribution in [0, 0.1) is 13.8 Å². The molecule has 4 heteroatoms. The van der Waals surface area contributed by atoms with Gasteiger partial charge in [-0.25, -0.2) is 9.97 Å². The van der Waals surface area contributed by atoms with Gasteiger partial charge in [0.2, 0.25) is 0 Å². The summed E-state index contributed by atoms with van der Waals surface area (Å²) in [5.41, 5.74) is 6.60. The molecule has 0 unspecified atom stereocenters. The molecule has 0 aliphatic rings. The lowest BCUT2D eigenvalue weighted by Gasteiger charge is -2.27. The molecule has 15 heavy (non-hydrogen) atoms. The summed E-state index contributed by atoms with van der Waals surface area (Å²) in [6, 6.07) is 2.41. The van der Waals surface area contributed by atoms with Gasteiger partial charge in [-0.05, 0) is 27.7 Å². The van der Waals surface area contributed by atoms with Gasteiger partial charge in [-0.2, -0.15) is 0 Å². The molecule has 0 aliphatic heterocycles. The molecule has 0 radical (unpaired) electrons. The van der Waals surface area contributed by atoms with E-state index in [4.69, 9.17) is 5.73 Å². The van der Waals surface area contributed by atoms with Crippen LogP contribution in [0.25, 0.3) is 0 Å². The van der Waals surface area contributed by atoms with Crippen molar-refractivity contribution in [1.82, 2.24) is 9.97 Å². The van der Waals surface area contributed by atoms with Crippen LogP contribution >= 0.6 is 0 Å². The number of nitrogens with two attached hydrogens (primary N) is 1. The minimum atomic E-state index is 0.405. The number of anilines is 1. The Balaban J connectivity index is 2.99. The van der Waals surface area contributed by atoms with Crippen molar-refractivity contribution >= 4 is 5.82 Å². The highest BCUT2D eigenvalue weighted by Crippen LogP contribution is 2.14. The topological polar surface area (TPSA) is 55.0 Å². The van der Waals surface area contributed by atoms with Gasteiger partial charge in [0, 0.05) is 30.9 Å². The lowest BCUT2D eigenvalue weighted by molar-refractivity contribution is 0.671. The molecule has 0 amide bonds. The number of nitrogens with zero attached hydrogens (tertiary/aromatic N) is 3. The van der Waals surface area contributed by atoms with Gasteiger partial charge in [-0.1, -0.05) is 0 Å². The Labute approximate surface area is 91.5 Å². The van der Waals surface area contributed by atoms with Crippen molar-refractivity contribution in [3.8, 4) is 0 Å². The standard InChI is InChI=1S/C11H20N4/c1-8(2)15(6-5-12)11-7-9(3)13-10(4)14-11/h7-8H,5-6,12H2,1-4H3. The van der Waals surface area contributed by atoms with Crippen LogP contribution in [0.15, 0.2) is 6.07 Å². The first kappa shape index (κ1) is 11.9. The molecule has 1 aromatic heterocycles. The Bertz CT molecular complexity index is 302. The van der Waals surface area contributed by atoms with E-state index < -0.39 is 0 Å². The Morgan fingerprint density at radius 2 is 2.00 bits per heavy atom. The molecule has 0 saturated carbocycles. The molecule has 0 spiro atoms. The smallest absolute Gasteiger partial charge is 0.132 e. The highest BCUT2D eigenvalue weighted by atomic mass is 15.2. The van der Waals surface area contributed by atoms with Crippen LogP contribution in [-0.2, 0) is 0 Å². The molecule has 0 saturated heterocycles. The molecule has 1 heterocycles. The molecule has 4 nitrogen and oxygen atoms in total. The van der Waals surface area contributed by atoms with Gasteiger partial charge in [0.05, 0.1) is 0 Å². The zero-order chi connectivity index (χ0) is 11.4. The van der Waals surface area contributed by atoms with E-state index in [9.17, 15) is 0 Å². The molecular formula is C11H20N4. The summed E-state index contributed by atoms with van der Waals surface area (Å²) < 4.78 is 0. The van der Waals surface area contributed by atoms with Crippen LogP contribution in [0.2, 0.25) is 0 Å². The molecule has 0 bridgehead atoms. The lowest BCUT2D eigenvalue weighted by Crippen LogP contribution is -2.36. The van der Waals surface area contributed by atoms with Crippen LogP contribution in [0.1, 0.15) is 25.4 Å². The van der Waals surface area contributed by atoms with E-state index in [-0.39, 0.29) is 0 Å². The average molecular weight is 208 g/mol. The average Bonchev–Trinajstić information content (AvgIpc) is 2.11. The third kappa shape index (κ3) is 3.16. The van der Waals surface area contributed by atoms with Crippen LogP contribution in [0.5, 0.6) is 0 Å². The monoisotopic (exact) mass is 208 g/mol. The number of hydrogen-bond donors (Lipinski definition) is 1. The second-order valence-corrected chi connectivity index (χ2v) is 3.99. The molecule has 0 atom stereocenters. The highest BCUT2D eigenvalue weighted by molar-refractivity contribution is 5.40. The van der Waals surface area contributed by atoms with Gasteiger partial charge in [0.1, 0.15) is 11.6 Å². The Morgan fingerprint density at radius 1 is 1.33 bits per heavy atom. The Kier molecular flexibility index (Phi) is 4.03. The highest BCUT2D eigenvalue weighted by Gasteiger charge is 2.11. The molecule has 2 N–H and O–H groups in total. The first-order chi connectivity index (χ1) is 7.04. The van der Waals surface area contributed by atoms with Gasteiger partial charge in [0.25, 0.3) is 0 Å². The predicted molar refractivity (Wildman–Crippen MR) is 63.0 cm³/mol. The van der Waals surface area contributed by atoms with Crippen molar-refractivity contribution in [2.75, 3.05) is 18.0 Å². The Morgan fingerprint density at radius 3 is 2.47 bits per heavy atom. The third-order valence-corrected chi connectivity index (χ3v) is 2.24. The fourth-order valence-electron chi connectivity index (χ4n) is 1.62. The molecule has 84 valence electrons. The van der Waals surface area contributed by atoms with Crippen LogP contribution < -0.4 is 10.6 Å². The summed E-state index contributed by atoms with van der Waals surface area (Å²) in [5.74, 6) is 1.79. The SMILES string of the molecule is Cc1cc(N(CCN)C(C)C)nc(C)n1. The maximum absolute atomic E-state index is 5.60. The molecule has 1 rings (SSSR count). The molecule has 0 fully saturated rings. The van der Waals surface area contributed by atoms with E-state index in [0.717, 1.165) is 23.9 Å². The van der Waals surface area contributed by atoms with Crippen molar-refractivity contribution in [3.63, 3.8) is 0 Å². The van der Waals surface area contributed by atoms with Crippen LogP contribution in [0.3, 0.4) is 0 Å². The summed E-state index contributed by atoms with van der Waals surface area (Å²) in [7, 11) is 0. The maximum Gasteiger partial charge on any atom is 0.132 e. The van der Waals surface area contributed by atoms with E-state index in [0.29, 0.717) is 12.6 Å². The van der Waals surface area contributed by atoms with Gasteiger partial charge in [0.15, 0.2) is 0 Å².